The van der Waals surface area contributed by atoms with Crippen LogP contribution >= 0.6 is 0 Å². The van der Waals surface area contributed by atoms with Crippen LogP contribution in [0.1, 0.15) is 38.5 Å². The van der Waals surface area contributed by atoms with E-state index in [0.717, 1.165) is 45.1 Å². The van der Waals surface area contributed by atoms with E-state index in [2.05, 4.69) is 10.2 Å². The number of hydrogen-bond donors (Lipinski definition) is 1. The standard InChI is InChI=1S/C13H22N2O2/c16-10-11-5-7-15(8-6-11)9-13(17)14-12-3-1-2-4-12/h10-12H,1-9H2,(H,14,17). The van der Waals surface area contributed by atoms with Crippen molar-refractivity contribution < 1.29 is 9.59 Å². The number of aldehydes is 1. The van der Waals surface area contributed by atoms with Crippen molar-refractivity contribution in [3.8, 4) is 0 Å². The van der Waals surface area contributed by atoms with Gasteiger partial charge in [-0.3, -0.25) is 9.69 Å². The molecule has 0 aromatic heterocycles. The first-order valence-electron chi connectivity index (χ1n) is 6.75. The van der Waals surface area contributed by atoms with Gasteiger partial charge >= 0.3 is 0 Å². The zero-order chi connectivity index (χ0) is 12.1. The minimum absolute atomic E-state index is 0.154. The molecule has 0 spiro atoms. The van der Waals surface area contributed by atoms with E-state index in [4.69, 9.17) is 0 Å². The summed E-state index contributed by atoms with van der Waals surface area (Å²) in [7, 11) is 0. The molecule has 96 valence electrons. The zero-order valence-corrected chi connectivity index (χ0v) is 10.4. The van der Waals surface area contributed by atoms with E-state index in [1.54, 1.807) is 0 Å². The number of carbonyl (C=O) groups excluding carboxylic acids is 2. The number of carbonyl (C=O) groups is 2. The van der Waals surface area contributed by atoms with E-state index < -0.39 is 0 Å². The van der Waals surface area contributed by atoms with E-state index in [-0.39, 0.29) is 11.8 Å². The highest BCUT2D eigenvalue weighted by atomic mass is 16.2. The molecule has 0 bridgehead atoms. The van der Waals surface area contributed by atoms with Gasteiger partial charge < -0.3 is 10.1 Å². The van der Waals surface area contributed by atoms with E-state index in [1.165, 1.54) is 12.8 Å². The fourth-order valence-corrected chi connectivity index (χ4v) is 2.79. The second-order valence-electron chi connectivity index (χ2n) is 5.30. The van der Waals surface area contributed by atoms with Gasteiger partial charge in [0, 0.05) is 12.0 Å². The third-order valence-electron chi connectivity index (χ3n) is 3.91. The van der Waals surface area contributed by atoms with Crippen molar-refractivity contribution in [1.82, 2.24) is 10.2 Å². The second-order valence-corrected chi connectivity index (χ2v) is 5.30. The number of nitrogens with zero attached hydrogens (tertiary/aromatic N) is 1. The first-order valence-corrected chi connectivity index (χ1v) is 6.75. The molecule has 17 heavy (non-hydrogen) atoms. The number of piperidine rings is 1. The van der Waals surface area contributed by atoms with Crippen LogP contribution in [0.3, 0.4) is 0 Å². The van der Waals surface area contributed by atoms with Crippen LogP contribution in [0.4, 0.5) is 0 Å². The molecule has 1 saturated carbocycles. The van der Waals surface area contributed by atoms with Crippen LogP contribution in [0.2, 0.25) is 0 Å². The van der Waals surface area contributed by atoms with E-state index in [0.29, 0.717) is 12.6 Å². The van der Waals surface area contributed by atoms with Crippen LogP contribution in [0.15, 0.2) is 0 Å². The van der Waals surface area contributed by atoms with Crippen LogP contribution in [0.25, 0.3) is 0 Å². The monoisotopic (exact) mass is 238 g/mol. The summed E-state index contributed by atoms with van der Waals surface area (Å²) in [6, 6.07) is 0.412. The Morgan fingerprint density at radius 1 is 1.18 bits per heavy atom. The van der Waals surface area contributed by atoms with Crippen LogP contribution in [0, 0.1) is 5.92 Å². The molecule has 2 fully saturated rings. The van der Waals surface area contributed by atoms with Gasteiger partial charge in [-0.15, -0.1) is 0 Å². The molecule has 1 aliphatic heterocycles. The predicted molar refractivity (Wildman–Crippen MR) is 65.6 cm³/mol. The summed E-state index contributed by atoms with van der Waals surface area (Å²) in [5, 5.41) is 3.10. The minimum Gasteiger partial charge on any atom is -0.352 e. The lowest BCUT2D eigenvalue weighted by molar-refractivity contribution is -0.123. The number of likely N-dealkylation sites (tertiary alicyclic amines) is 1. The van der Waals surface area contributed by atoms with Crippen LogP contribution in [0.5, 0.6) is 0 Å². The molecule has 1 aliphatic carbocycles. The summed E-state index contributed by atoms with van der Waals surface area (Å²) in [6.07, 6.45) is 7.62. The Kier molecular flexibility index (Phi) is 4.54. The average molecular weight is 238 g/mol. The zero-order valence-electron chi connectivity index (χ0n) is 10.4. The molecule has 1 amide bonds. The molecule has 0 aromatic rings. The van der Waals surface area contributed by atoms with E-state index >= 15 is 0 Å². The van der Waals surface area contributed by atoms with Crippen molar-refractivity contribution in [3.63, 3.8) is 0 Å². The van der Waals surface area contributed by atoms with Gasteiger partial charge in [-0.05, 0) is 38.8 Å². The fourth-order valence-electron chi connectivity index (χ4n) is 2.79. The molecular weight excluding hydrogens is 216 g/mol. The van der Waals surface area contributed by atoms with Crippen LogP contribution in [-0.4, -0.2) is 42.8 Å². The highest BCUT2D eigenvalue weighted by Crippen LogP contribution is 2.18. The molecular formula is C13H22N2O2. The Balaban J connectivity index is 1.66. The van der Waals surface area contributed by atoms with Gasteiger partial charge in [0.1, 0.15) is 6.29 Å². The lowest BCUT2D eigenvalue weighted by atomic mass is 9.99. The lowest BCUT2D eigenvalue weighted by Gasteiger charge is -2.29. The molecule has 1 heterocycles. The Labute approximate surface area is 103 Å². The molecule has 0 atom stereocenters. The van der Waals surface area contributed by atoms with E-state index in [1.807, 2.05) is 0 Å². The van der Waals surface area contributed by atoms with Crippen molar-refractivity contribution in [2.24, 2.45) is 5.92 Å². The second kappa shape index (κ2) is 6.15. The van der Waals surface area contributed by atoms with Crippen molar-refractivity contribution in [2.75, 3.05) is 19.6 Å². The Hall–Kier alpha value is -0.900. The number of rotatable bonds is 4. The van der Waals surface area contributed by atoms with Crippen molar-refractivity contribution in [2.45, 2.75) is 44.6 Å². The van der Waals surface area contributed by atoms with Crippen molar-refractivity contribution >= 4 is 12.2 Å². The van der Waals surface area contributed by atoms with Crippen LogP contribution in [-0.2, 0) is 9.59 Å². The Bertz CT molecular complexity index is 267. The molecule has 1 N–H and O–H groups in total. The summed E-state index contributed by atoms with van der Waals surface area (Å²) in [5.41, 5.74) is 0. The third kappa shape index (κ3) is 3.80. The smallest absolute Gasteiger partial charge is 0.234 e. The van der Waals surface area contributed by atoms with Gasteiger partial charge in [-0.1, -0.05) is 12.8 Å². The summed E-state index contributed by atoms with van der Waals surface area (Å²) in [6.45, 7) is 2.26. The Morgan fingerprint density at radius 3 is 2.41 bits per heavy atom. The third-order valence-corrected chi connectivity index (χ3v) is 3.91. The van der Waals surface area contributed by atoms with Gasteiger partial charge in [0.05, 0.1) is 6.54 Å². The quantitative estimate of drug-likeness (QED) is 0.742. The number of amides is 1. The first kappa shape index (κ1) is 12.6. The molecule has 0 unspecified atom stereocenters. The molecule has 1 saturated heterocycles. The maximum atomic E-state index is 11.8. The Morgan fingerprint density at radius 2 is 1.82 bits per heavy atom. The van der Waals surface area contributed by atoms with Crippen molar-refractivity contribution in [3.05, 3.63) is 0 Å². The van der Waals surface area contributed by atoms with Gasteiger partial charge in [-0.25, -0.2) is 0 Å². The molecule has 4 nitrogen and oxygen atoms in total. The number of hydrogen-bond acceptors (Lipinski definition) is 3. The highest BCUT2D eigenvalue weighted by molar-refractivity contribution is 5.78. The predicted octanol–water partition coefficient (Wildman–Crippen LogP) is 0.956. The van der Waals surface area contributed by atoms with Gasteiger partial charge in [0.2, 0.25) is 5.91 Å². The molecule has 4 heteroatoms. The van der Waals surface area contributed by atoms with Gasteiger partial charge in [-0.2, -0.15) is 0 Å². The average Bonchev–Trinajstić information content (AvgIpc) is 2.82. The maximum Gasteiger partial charge on any atom is 0.234 e. The fraction of sp³-hybridized carbons (Fsp3) is 0.846. The summed E-state index contributed by atoms with van der Waals surface area (Å²) >= 11 is 0. The molecule has 0 aromatic carbocycles. The SMILES string of the molecule is O=CC1CCN(CC(=O)NC2CCCC2)CC1. The van der Waals surface area contributed by atoms with Crippen LogP contribution < -0.4 is 5.32 Å². The van der Waals surface area contributed by atoms with Crippen molar-refractivity contribution in [1.29, 1.82) is 0 Å². The molecule has 2 rings (SSSR count). The maximum absolute atomic E-state index is 11.8. The van der Waals surface area contributed by atoms with Gasteiger partial charge in [0.25, 0.3) is 0 Å². The summed E-state index contributed by atoms with van der Waals surface area (Å²) < 4.78 is 0. The number of nitrogens with one attached hydrogen (secondary N) is 1. The topological polar surface area (TPSA) is 49.4 Å². The highest BCUT2D eigenvalue weighted by Gasteiger charge is 2.22. The largest absolute Gasteiger partial charge is 0.352 e. The molecule has 2 aliphatic rings. The van der Waals surface area contributed by atoms with Gasteiger partial charge in [0.15, 0.2) is 0 Å². The summed E-state index contributed by atoms with van der Waals surface area (Å²) in [4.78, 5) is 24.6. The lowest BCUT2D eigenvalue weighted by Crippen LogP contribution is -2.44. The molecule has 0 radical (unpaired) electrons. The first-order chi connectivity index (χ1) is 8.28. The summed E-state index contributed by atoms with van der Waals surface area (Å²) in [5.74, 6) is 0.366. The van der Waals surface area contributed by atoms with E-state index in [9.17, 15) is 9.59 Å². The minimum atomic E-state index is 0.154. The normalized spacial score (nSPS) is 23.8.